The van der Waals surface area contributed by atoms with E-state index >= 15 is 0 Å². The SMILES string of the molecule is CN=c1sc(N2CCCC2)nn1Cc1ccccc1. The van der Waals surface area contributed by atoms with Gasteiger partial charge in [0.25, 0.3) is 0 Å². The molecule has 100 valence electrons. The monoisotopic (exact) mass is 274 g/mol. The van der Waals surface area contributed by atoms with Crippen molar-refractivity contribution < 1.29 is 0 Å². The highest BCUT2D eigenvalue weighted by molar-refractivity contribution is 7.12. The van der Waals surface area contributed by atoms with Crippen molar-refractivity contribution in [2.75, 3.05) is 25.0 Å². The maximum Gasteiger partial charge on any atom is 0.207 e. The van der Waals surface area contributed by atoms with Crippen LogP contribution in [-0.4, -0.2) is 29.9 Å². The van der Waals surface area contributed by atoms with E-state index in [1.807, 2.05) is 17.8 Å². The standard InChI is InChI=1S/C14H18N4S/c1-15-13-18(11-12-7-3-2-4-8-12)16-14(19-13)17-9-5-6-10-17/h2-4,7-8H,5-6,9-11H2,1H3. The zero-order valence-corrected chi connectivity index (χ0v) is 11.9. The molecular weight excluding hydrogens is 256 g/mol. The molecule has 0 radical (unpaired) electrons. The van der Waals surface area contributed by atoms with E-state index in [0.717, 1.165) is 29.6 Å². The van der Waals surface area contributed by atoms with Crippen LogP contribution in [0.25, 0.3) is 0 Å². The van der Waals surface area contributed by atoms with Gasteiger partial charge in [-0.3, -0.25) is 4.99 Å². The van der Waals surface area contributed by atoms with Crippen molar-refractivity contribution >= 4 is 16.5 Å². The Balaban J connectivity index is 1.88. The summed E-state index contributed by atoms with van der Waals surface area (Å²) in [4.78, 5) is 7.70. The van der Waals surface area contributed by atoms with Crippen LogP contribution in [0.3, 0.4) is 0 Å². The van der Waals surface area contributed by atoms with E-state index in [2.05, 4.69) is 34.2 Å². The van der Waals surface area contributed by atoms with Gasteiger partial charge in [-0.1, -0.05) is 41.7 Å². The Labute approximate surface area is 117 Å². The van der Waals surface area contributed by atoms with Gasteiger partial charge in [-0.25, -0.2) is 4.68 Å². The topological polar surface area (TPSA) is 33.4 Å². The van der Waals surface area contributed by atoms with Gasteiger partial charge in [-0.2, -0.15) is 0 Å². The van der Waals surface area contributed by atoms with E-state index < -0.39 is 0 Å². The highest BCUT2D eigenvalue weighted by Gasteiger charge is 2.16. The zero-order chi connectivity index (χ0) is 13.1. The average molecular weight is 274 g/mol. The second kappa shape index (κ2) is 5.57. The van der Waals surface area contributed by atoms with Gasteiger partial charge in [0.15, 0.2) is 0 Å². The molecule has 0 bridgehead atoms. The van der Waals surface area contributed by atoms with Crippen LogP contribution in [0.5, 0.6) is 0 Å². The number of hydrogen-bond donors (Lipinski definition) is 0. The van der Waals surface area contributed by atoms with Crippen LogP contribution in [0, 0.1) is 0 Å². The Kier molecular flexibility index (Phi) is 3.64. The minimum atomic E-state index is 0.790. The first-order chi connectivity index (χ1) is 9.36. The fourth-order valence-electron chi connectivity index (χ4n) is 2.36. The van der Waals surface area contributed by atoms with Gasteiger partial charge in [0.05, 0.1) is 6.54 Å². The lowest BCUT2D eigenvalue weighted by atomic mass is 10.2. The molecule has 1 fully saturated rings. The molecule has 19 heavy (non-hydrogen) atoms. The Morgan fingerprint density at radius 2 is 1.95 bits per heavy atom. The molecule has 1 aliphatic heterocycles. The lowest BCUT2D eigenvalue weighted by Crippen LogP contribution is -2.19. The van der Waals surface area contributed by atoms with E-state index in [1.54, 1.807) is 11.3 Å². The smallest absolute Gasteiger partial charge is 0.207 e. The molecule has 1 aromatic carbocycles. The third-order valence-electron chi connectivity index (χ3n) is 3.35. The summed E-state index contributed by atoms with van der Waals surface area (Å²) in [5.74, 6) is 0. The molecule has 5 heteroatoms. The molecule has 0 amide bonds. The van der Waals surface area contributed by atoms with E-state index in [4.69, 9.17) is 5.10 Å². The summed E-state index contributed by atoms with van der Waals surface area (Å²) in [6, 6.07) is 10.4. The Morgan fingerprint density at radius 3 is 2.63 bits per heavy atom. The normalized spacial score (nSPS) is 16.3. The van der Waals surface area contributed by atoms with Crippen LogP contribution in [0.15, 0.2) is 35.3 Å². The molecule has 3 rings (SSSR count). The predicted molar refractivity (Wildman–Crippen MR) is 78.6 cm³/mol. The summed E-state index contributed by atoms with van der Waals surface area (Å²) in [5.41, 5.74) is 1.26. The van der Waals surface area contributed by atoms with Crippen LogP contribution < -0.4 is 9.70 Å². The van der Waals surface area contributed by atoms with Crippen molar-refractivity contribution in [2.24, 2.45) is 4.99 Å². The molecule has 4 nitrogen and oxygen atoms in total. The fraction of sp³-hybridized carbons (Fsp3) is 0.429. The summed E-state index contributed by atoms with van der Waals surface area (Å²) < 4.78 is 2.01. The van der Waals surface area contributed by atoms with E-state index in [-0.39, 0.29) is 0 Å². The second-order valence-corrected chi connectivity index (χ2v) is 5.66. The van der Waals surface area contributed by atoms with Crippen LogP contribution in [0.4, 0.5) is 5.13 Å². The molecule has 1 aromatic heterocycles. The molecule has 0 N–H and O–H groups in total. The molecular formula is C14H18N4S. The van der Waals surface area contributed by atoms with E-state index in [0.29, 0.717) is 0 Å². The lowest BCUT2D eigenvalue weighted by molar-refractivity contribution is 0.650. The maximum atomic E-state index is 4.73. The van der Waals surface area contributed by atoms with Crippen LogP contribution in [0.1, 0.15) is 18.4 Å². The molecule has 2 aromatic rings. The quantitative estimate of drug-likeness (QED) is 0.859. The summed E-state index contributed by atoms with van der Waals surface area (Å²) in [5, 5.41) is 5.83. The van der Waals surface area contributed by atoms with E-state index in [1.165, 1.54) is 18.4 Å². The number of benzene rings is 1. The van der Waals surface area contributed by atoms with E-state index in [9.17, 15) is 0 Å². The molecule has 0 aliphatic carbocycles. The first-order valence-corrected chi connectivity index (χ1v) is 7.48. The number of rotatable bonds is 3. The largest absolute Gasteiger partial charge is 0.347 e. The van der Waals surface area contributed by atoms with Crippen LogP contribution >= 0.6 is 11.3 Å². The Bertz CT molecular complexity index is 593. The van der Waals surface area contributed by atoms with Crippen molar-refractivity contribution in [1.82, 2.24) is 9.78 Å². The first kappa shape index (κ1) is 12.4. The summed E-state index contributed by atoms with van der Waals surface area (Å²) >= 11 is 1.69. The summed E-state index contributed by atoms with van der Waals surface area (Å²) in [6.07, 6.45) is 2.55. The minimum absolute atomic E-state index is 0.790. The first-order valence-electron chi connectivity index (χ1n) is 6.66. The molecule has 0 unspecified atom stereocenters. The van der Waals surface area contributed by atoms with Crippen molar-refractivity contribution in [2.45, 2.75) is 19.4 Å². The maximum absolute atomic E-state index is 4.73. The Morgan fingerprint density at radius 1 is 1.21 bits per heavy atom. The van der Waals surface area contributed by atoms with Crippen molar-refractivity contribution in [3.63, 3.8) is 0 Å². The molecule has 1 saturated heterocycles. The molecule has 0 spiro atoms. The molecule has 2 heterocycles. The number of aromatic nitrogens is 2. The Hall–Kier alpha value is -1.62. The van der Waals surface area contributed by atoms with Gasteiger partial charge in [0.2, 0.25) is 9.93 Å². The number of hydrogen-bond acceptors (Lipinski definition) is 4. The summed E-state index contributed by atoms with van der Waals surface area (Å²) in [7, 11) is 1.84. The highest BCUT2D eigenvalue weighted by Crippen LogP contribution is 2.20. The number of nitrogens with zero attached hydrogens (tertiary/aromatic N) is 4. The van der Waals surface area contributed by atoms with Crippen LogP contribution in [0.2, 0.25) is 0 Å². The third kappa shape index (κ3) is 2.71. The van der Waals surface area contributed by atoms with Crippen LogP contribution in [-0.2, 0) is 6.54 Å². The van der Waals surface area contributed by atoms with Crippen molar-refractivity contribution in [3.8, 4) is 0 Å². The second-order valence-electron chi connectivity index (χ2n) is 4.73. The van der Waals surface area contributed by atoms with Gasteiger partial charge in [-0.05, 0) is 18.4 Å². The van der Waals surface area contributed by atoms with Gasteiger partial charge < -0.3 is 4.90 Å². The van der Waals surface area contributed by atoms with Gasteiger partial charge >= 0.3 is 0 Å². The predicted octanol–water partition coefficient (Wildman–Crippen LogP) is 2.12. The van der Waals surface area contributed by atoms with Gasteiger partial charge in [0, 0.05) is 20.1 Å². The third-order valence-corrected chi connectivity index (χ3v) is 4.45. The lowest BCUT2D eigenvalue weighted by Gasteiger charge is -2.11. The minimum Gasteiger partial charge on any atom is -0.347 e. The van der Waals surface area contributed by atoms with Gasteiger partial charge in [0.1, 0.15) is 0 Å². The molecule has 0 saturated carbocycles. The number of anilines is 1. The van der Waals surface area contributed by atoms with Crippen molar-refractivity contribution in [3.05, 3.63) is 40.7 Å². The molecule has 1 aliphatic rings. The highest BCUT2D eigenvalue weighted by atomic mass is 32.1. The fourth-order valence-corrected chi connectivity index (χ4v) is 3.27. The van der Waals surface area contributed by atoms with Crippen molar-refractivity contribution in [1.29, 1.82) is 0 Å². The summed E-state index contributed by atoms with van der Waals surface area (Å²) in [6.45, 7) is 3.04. The van der Waals surface area contributed by atoms with Gasteiger partial charge in [-0.15, -0.1) is 5.10 Å². The zero-order valence-electron chi connectivity index (χ0n) is 11.1. The average Bonchev–Trinajstić information content (AvgIpc) is 3.08. The molecule has 0 atom stereocenters.